The molecule has 15 heavy (non-hydrogen) atoms. The van der Waals surface area contributed by atoms with Crippen LogP contribution in [0.4, 0.5) is 0 Å². The van der Waals surface area contributed by atoms with Gasteiger partial charge in [0, 0.05) is 0 Å². The Kier molecular flexibility index (Phi) is 2.69. The Balaban J connectivity index is 2.99. The van der Waals surface area contributed by atoms with E-state index in [0.29, 0.717) is 4.90 Å². The van der Waals surface area contributed by atoms with E-state index in [1.165, 1.54) is 6.26 Å². The molecule has 5 heteroatoms. The molecule has 2 nitrogen and oxygen atoms in total. The number of halogens is 1. The van der Waals surface area contributed by atoms with Crippen LogP contribution in [0.2, 0.25) is 0 Å². The zero-order valence-corrected chi connectivity index (χ0v) is 10.5. The van der Waals surface area contributed by atoms with Gasteiger partial charge in [0.15, 0.2) is 0 Å². The normalized spacial score (nSPS) is 11.6. The molecule has 0 saturated heterocycles. The van der Waals surface area contributed by atoms with Crippen LogP contribution < -0.4 is 0 Å². The first-order valence-corrected chi connectivity index (χ1v) is 7.06. The minimum atomic E-state index is -3.18. The van der Waals surface area contributed by atoms with Crippen molar-refractivity contribution in [1.82, 2.24) is 0 Å². The quantitative estimate of drug-likeness (QED) is 0.805. The van der Waals surface area contributed by atoms with Crippen LogP contribution in [0.25, 0.3) is 10.8 Å². The second kappa shape index (κ2) is 3.72. The molecule has 0 bridgehead atoms. The summed E-state index contributed by atoms with van der Waals surface area (Å²) in [6.07, 6.45) is 1.22. The first kappa shape index (κ1) is 10.8. The molecule has 2 rings (SSSR count). The van der Waals surface area contributed by atoms with Gasteiger partial charge in [-0.3, -0.25) is 0 Å². The summed E-state index contributed by atoms with van der Waals surface area (Å²) < 4.78 is 24.0. The molecule has 1 aromatic carbocycles. The van der Waals surface area contributed by atoms with Crippen molar-refractivity contribution in [2.45, 2.75) is 4.90 Å². The Morgan fingerprint density at radius 1 is 1.27 bits per heavy atom. The van der Waals surface area contributed by atoms with Gasteiger partial charge >= 0.3 is 97.6 Å². The van der Waals surface area contributed by atoms with Gasteiger partial charge in [-0.2, -0.15) is 0 Å². The van der Waals surface area contributed by atoms with Gasteiger partial charge in [0.2, 0.25) is 0 Å². The Morgan fingerprint density at radius 3 is 2.67 bits per heavy atom. The SMILES string of the molecule is CS(=O)(=O)c1cccc2cbcc(Br)c12. The Bertz CT molecular complexity index is 617. The molecule has 1 aromatic heterocycles. The number of rotatable bonds is 1. The second-order valence-electron chi connectivity index (χ2n) is 3.37. The van der Waals surface area contributed by atoms with E-state index < -0.39 is 9.84 Å². The zero-order chi connectivity index (χ0) is 11.1. The molecule has 2 aromatic rings. The third-order valence-electron chi connectivity index (χ3n) is 2.22. The van der Waals surface area contributed by atoms with Crippen molar-refractivity contribution in [2.24, 2.45) is 0 Å². The molecule has 0 aliphatic rings. The fraction of sp³-hybridized carbons (Fsp3) is 0.100. The van der Waals surface area contributed by atoms with Crippen LogP contribution in [-0.4, -0.2) is 21.6 Å². The Hall–Kier alpha value is -0.675. The molecule has 76 valence electrons. The summed E-state index contributed by atoms with van der Waals surface area (Å²) in [7, 11) is -3.18. The van der Waals surface area contributed by atoms with Gasteiger partial charge in [-0.15, -0.1) is 0 Å². The maximum atomic E-state index is 11.6. The molecule has 0 saturated carbocycles. The fourth-order valence-corrected chi connectivity index (χ4v) is 3.22. The standard InChI is InChI=1S/C10H8BBrO2S/c1-15(13,14)9-4-2-3-7-5-11-6-8(12)10(7)9/h2-6H,1H3. The number of sulfone groups is 1. The van der Waals surface area contributed by atoms with Crippen LogP contribution in [-0.2, 0) is 9.84 Å². The molecular formula is C10H8BBrO2S. The second-order valence-corrected chi connectivity index (χ2v) is 6.20. The number of benzene rings is 1. The molecule has 0 fully saturated rings. The maximum absolute atomic E-state index is 11.6. The summed E-state index contributed by atoms with van der Waals surface area (Å²) in [4.78, 5) is 0.368. The van der Waals surface area contributed by atoms with Gasteiger partial charge in [0.25, 0.3) is 0 Å². The number of hydrogen-bond acceptors (Lipinski definition) is 2. The van der Waals surface area contributed by atoms with Crippen molar-refractivity contribution >= 4 is 43.5 Å². The van der Waals surface area contributed by atoms with E-state index in [0.717, 1.165) is 15.2 Å². The van der Waals surface area contributed by atoms with E-state index in [2.05, 4.69) is 15.9 Å². The van der Waals surface area contributed by atoms with E-state index in [1.807, 2.05) is 24.9 Å². The molecule has 1 heterocycles. The van der Waals surface area contributed by atoms with E-state index in [-0.39, 0.29) is 0 Å². The molecular weight excluding hydrogens is 275 g/mol. The summed E-state index contributed by atoms with van der Waals surface area (Å²) in [5, 5.41) is 1.68. The van der Waals surface area contributed by atoms with Gasteiger partial charge in [-0.25, -0.2) is 0 Å². The summed E-state index contributed by atoms with van der Waals surface area (Å²) in [5.41, 5.74) is 0. The van der Waals surface area contributed by atoms with Crippen molar-refractivity contribution in [3.8, 4) is 0 Å². The minimum absolute atomic E-state index is 0.368. The van der Waals surface area contributed by atoms with Crippen LogP contribution in [0, 0.1) is 0 Å². The number of hydrogen-bond donors (Lipinski definition) is 0. The van der Waals surface area contributed by atoms with Gasteiger partial charge in [-0.05, 0) is 0 Å². The molecule has 0 aliphatic heterocycles. The summed E-state index contributed by atoms with van der Waals surface area (Å²) in [6.45, 7) is 1.89. The topological polar surface area (TPSA) is 34.1 Å². The molecule has 0 radical (unpaired) electrons. The van der Waals surface area contributed by atoms with Crippen LogP contribution in [0.5, 0.6) is 0 Å². The Labute approximate surface area is 97.6 Å². The molecule has 0 atom stereocenters. The summed E-state index contributed by atoms with van der Waals surface area (Å²) >= 11 is 3.38. The first-order valence-electron chi connectivity index (χ1n) is 4.37. The van der Waals surface area contributed by atoms with Gasteiger partial charge in [0.05, 0.1) is 0 Å². The van der Waals surface area contributed by atoms with Crippen molar-refractivity contribution in [1.29, 1.82) is 0 Å². The number of fused-ring (bicyclic) bond motifs is 1. The molecule has 0 amide bonds. The molecule has 0 N–H and O–H groups in total. The van der Waals surface area contributed by atoms with E-state index in [1.54, 1.807) is 12.1 Å². The average molecular weight is 283 g/mol. The van der Waals surface area contributed by atoms with E-state index >= 15 is 0 Å². The summed E-state index contributed by atoms with van der Waals surface area (Å²) in [6, 6.07) is 5.28. The van der Waals surface area contributed by atoms with Crippen molar-refractivity contribution in [3.63, 3.8) is 0 Å². The van der Waals surface area contributed by atoms with Gasteiger partial charge in [0.1, 0.15) is 0 Å². The third-order valence-corrected chi connectivity index (χ3v) is 4.02. The molecule has 0 aliphatic carbocycles. The van der Waals surface area contributed by atoms with Crippen molar-refractivity contribution < 1.29 is 8.42 Å². The predicted molar refractivity (Wildman–Crippen MR) is 66.1 cm³/mol. The van der Waals surface area contributed by atoms with E-state index in [4.69, 9.17) is 0 Å². The van der Waals surface area contributed by atoms with Gasteiger partial charge in [-0.1, -0.05) is 0 Å². The van der Waals surface area contributed by atoms with Crippen molar-refractivity contribution in [2.75, 3.05) is 6.26 Å². The predicted octanol–water partition coefficient (Wildman–Crippen LogP) is 2.34. The molecule has 0 spiro atoms. The van der Waals surface area contributed by atoms with Crippen LogP contribution in [0.1, 0.15) is 0 Å². The fourth-order valence-electron chi connectivity index (χ4n) is 1.57. The average Bonchev–Trinajstić information content (AvgIpc) is 2.16. The van der Waals surface area contributed by atoms with Crippen LogP contribution >= 0.6 is 15.9 Å². The van der Waals surface area contributed by atoms with Crippen LogP contribution in [0.3, 0.4) is 0 Å². The molecule has 0 unspecified atom stereocenters. The Morgan fingerprint density at radius 2 is 2.00 bits per heavy atom. The third kappa shape index (κ3) is 1.99. The monoisotopic (exact) mass is 282 g/mol. The van der Waals surface area contributed by atoms with Crippen molar-refractivity contribution in [3.05, 3.63) is 34.6 Å². The van der Waals surface area contributed by atoms with Gasteiger partial charge < -0.3 is 0 Å². The van der Waals surface area contributed by atoms with E-state index in [9.17, 15) is 8.42 Å². The zero-order valence-electron chi connectivity index (χ0n) is 8.07. The summed E-state index contributed by atoms with van der Waals surface area (Å²) in [5.74, 6) is 3.74. The van der Waals surface area contributed by atoms with Crippen LogP contribution in [0.15, 0.2) is 39.5 Å². The first-order chi connectivity index (χ1) is 7.00.